The second-order valence-corrected chi connectivity index (χ2v) is 5.21. The fourth-order valence-electron chi connectivity index (χ4n) is 1.98. The van der Waals surface area contributed by atoms with E-state index in [1.54, 1.807) is 6.20 Å². The molecule has 0 aromatic carbocycles. The first-order valence-electron chi connectivity index (χ1n) is 6.52. The summed E-state index contributed by atoms with van der Waals surface area (Å²) >= 11 is 0. The molecule has 4 heteroatoms. The van der Waals surface area contributed by atoms with Gasteiger partial charge in [0, 0.05) is 17.9 Å². The molecule has 1 aromatic rings. The molecule has 0 fully saturated rings. The van der Waals surface area contributed by atoms with Gasteiger partial charge in [0.05, 0.1) is 12.2 Å². The van der Waals surface area contributed by atoms with E-state index in [1.807, 2.05) is 32.0 Å². The van der Waals surface area contributed by atoms with Crippen LogP contribution in [0, 0.1) is 5.92 Å². The molecule has 1 rings (SSSR count). The predicted octanol–water partition coefficient (Wildman–Crippen LogP) is 1.11. The van der Waals surface area contributed by atoms with E-state index in [1.165, 1.54) is 0 Å². The van der Waals surface area contributed by atoms with Crippen molar-refractivity contribution in [1.29, 1.82) is 0 Å². The summed E-state index contributed by atoms with van der Waals surface area (Å²) < 4.78 is 0. The minimum Gasteiger partial charge on any atom is -0.390 e. The molecule has 0 amide bonds. The van der Waals surface area contributed by atoms with E-state index in [-0.39, 0.29) is 6.04 Å². The highest BCUT2D eigenvalue weighted by Crippen LogP contribution is 2.12. The van der Waals surface area contributed by atoms with Gasteiger partial charge in [-0.25, -0.2) is 0 Å². The summed E-state index contributed by atoms with van der Waals surface area (Å²) in [5, 5.41) is 19.8. The van der Waals surface area contributed by atoms with Gasteiger partial charge < -0.3 is 15.9 Å². The molecule has 3 atom stereocenters. The summed E-state index contributed by atoms with van der Waals surface area (Å²) in [6.07, 6.45) is 1.90. The normalized spacial score (nSPS) is 16.6. The van der Waals surface area contributed by atoms with Crippen LogP contribution in [0.25, 0.3) is 0 Å². The Labute approximate surface area is 109 Å². The molecule has 0 saturated heterocycles. The van der Waals surface area contributed by atoms with Crippen molar-refractivity contribution in [2.24, 2.45) is 11.7 Å². The molecule has 4 N–H and O–H groups in total. The van der Waals surface area contributed by atoms with Gasteiger partial charge in [-0.2, -0.15) is 0 Å². The van der Waals surface area contributed by atoms with E-state index >= 15 is 0 Å². The number of aromatic nitrogens is 1. The standard InChI is InChI=1S/C14H24N2O2/c1-10(2)9-12(15)14(18)13(17)7-6-11-5-3-4-8-16-11/h3-5,8,10,12-14,17-18H,6-7,9,15H2,1-2H3/t12-,13-,14+/m0/s1. The van der Waals surface area contributed by atoms with E-state index in [0.717, 1.165) is 5.69 Å². The monoisotopic (exact) mass is 252 g/mol. The van der Waals surface area contributed by atoms with E-state index in [0.29, 0.717) is 25.2 Å². The van der Waals surface area contributed by atoms with Gasteiger partial charge in [0.25, 0.3) is 0 Å². The SMILES string of the molecule is CC(C)C[C@H](N)[C@@H](O)[C@@H](O)CCc1ccccn1. The number of aryl methyl sites for hydroxylation is 1. The number of nitrogens with zero attached hydrogens (tertiary/aromatic N) is 1. The van der Waals surface area contributed by atoms with Crippen molar-refractivity contribution in [3.05, 3.63) is 30.1 Å². The summed E-state index contributed by atoms with van der Waals surface area (Å²) in [6, 6.07) is 5.31. The Kier molecular flexibility index (Phi) is 6.25. The van der Waals surface area contributed by atoms with E-state index in [2.05, 4.69) is 4.98 Å². The summed E-state index contributed by atoms with van der Waals surface area (Å²) in [7, 11) is 0. The smallest absolute Gasteiger partial charge is 0.0949 e. The Morgan fingerprint density at radius 1 is 1.28 bits per heavy atom. The summed E-state index contributed by atoms with van der Waals surface area (Å²) in [5.41, 5.74) is 6.78. The van der Waals surface area contributed by atoms with Crippen LogP contribution in [0.2, 0.25) is 0 Å². The molecule has 1 heterocycles. The molecule has 0 aliphatic heterocycles. The molecular formula is C14H24N2O2. The third kappa shape index (κ3) is 5.12. The van der Waals surface area contributed by atoms with Crippen molar-refractivity contribution in [3.8, 4) is 0 Å². The quantitative estimate of drug-likeness (QED) is 0.679. The zero-order valence-electron chi connectivity index (χ0n) is 11.2. The maximum absolute atomic E-state index is 9.92. The van der Waals surface area contributed by atoms with Crippen LogP contribution in [0.3, 0.4) is 0 Å². The van der Waals surface area contributed by atoms with Gasteiger partial charge in [-0.3, -0.25) is 4.98 Å². The van der Waals surface area contributed by atoms with Crippen molar-refractivity contribution in [2.45, 2.75) is 51.4 Å². The zero-order valence-corrected chi connectivity index (χ0v) is 11.2. The van der Waals surface area contributed by atoms with Gasteiger partial charge in [0.1, 0.15) is 0 Å². The fraction of sp³-hybridized carbons (Fsp3) is 0.643. The van der Waals surface area contributed by atoms with Crippen LogP contribution in [0.15, 0.2) is 24.4 Å². The molecule has 1 aromatic heterocycles. The van der Waals surface area contributed by atoms with Gasteiger partial charge >= 0.3 is 0 Å². The maximum Gasteiger partial charge on any atom is 0.0949 e. The first-order chi connectivity index (χ1) is 8.50. The summed E-state index contributed by atoms with van der Waals surface area (Å²) in [4.78, 5) is 4.18. The lowest BCUT2D eigenvalue weighted by Gasteiger charge is -2.25. The summed E-state index contributed by atoms with van der Waals surface area (Å²) in [6.45, 7) is 4.10. The first kappa shape index (κ1) is 15.1. The van der Waals surface area contributed by atoms with Gasteiger partial charge in [-0.1, -0.05) is 19.9 Å². The highest BCUT2D eigenvalue weighted by Gasteiger charge is 2.23. The lowest BCUT2D eigenvalue weighted by atomic mass is 9.94. The van der Waals surface area contributed by atoms with Gasteiger partial charge in [0.15, 0.2) is 0 Å². The van der Waals surface area contributed by atoms with Crippen LogP contribution in [-0.2, 0) is 6.42 Å². The largest absolute Gasteiger partial charge is 0.390 e. The molecule has 0 saturated carbocycles. The second kappa shape index (κ2) is 7.46. The van der Waals surface area contributed by atoms with Crippen LogP contribution in [0.5, 0.6) is 0 Å². The topological polar surface area (TPSA) is 79.4 Å². The average Bonchev–Trinajstić information content (AvgIpc) is 2.35. The molecule has 0 aliphatic rings. The Hall–Kier alpha value is -0.970. The van der Waals surface area contributed by atoms with Crippen molar-refractivity contribution < 1.29 is 10.2 Å². The maximum atomic E-state index is 9.92. The molecule has 18 heavy (non-hydrogen) atoms. The first-order valence-corrected chi connectivity index (χ1v) is 6.52. The van der Waals surface area contributed by atoms with E-state index in [4.69, 9.17) is 5.73 Å². The number of hydrogen-bond acceptors (Lipinski definition) is 4. The number of hydrogen-bond donors (Lipinski definition) is 3. The van der Waals surface area contributed by atoms with Crippen LogP contribution >= 0.6 is 0 Å². The number of nitrogens with two attached hydrogens (primary N) is 1. The Bertz CT molecular complexity index is 330. The second-order valence-electron chi connectivity index (χ2n) is 5.21. The minimum atomic E-state index is -0.865. The third-order valence-corrected chi connectivity index (χ3v) is 3.00. The van der Waals surface area contributed by atoms with E-state index < -0.39 is 12.2 Å². The molecular weight excluding hydrogens is 228 g/mol. The molecule has 0 radical (unpaired) electrons. The highest BCUT2D eigenvalue weighted by molar-refractivity contribution is 5.03. The number of aliphatic hydroxyl groups excluding tert-OH is 2. The predicted molar refractivity (Wildman–Crippen MR) is 72.0 cm³/mol. The van der Waals surface area contributed by atoms with E-state index in [9.17, 15) is 10.2 Å². The van der Waals surface area contributed by atoms with Crippen molar-refractivity contribution >= 4 is 0 Å². The lowest BCUT2D eigenvalue weighted by molar-refractivity contribution is -0.00379. The molecule has 0 spiro atoms. The molecule has 0 bridgehead atoms. The van der Waals surface area contributed by atoms with Crippen LogP contribution in [0.1, 0.15) is 32.4 Å². The number of pyridine rings is 1. The van der Waals surface area contributed by atoms with Crippen LogP contribution in [0.4, 0.5) is 0 Å². The zero-order chi connectivity index (χ0) is 13.5. The van der Waals surface area contributed by atoms with Crippen molar-refractivity contribution in [2.75, 3.05) is 0 Å². The van der Waals surface area contributed by atoms with Crippen molar-refractivity contribution in [3.63, 3.8) is 0 Å². The Morgan fingerprint density at radius 2 is 2.00 bits per heavy atom. The molecule has 0 unspecified atom stereocenters. The lowest BCUT2D eigenvalue weighted by Crippen LogP contribution is -2.43. The van der Waals surface area contributed by atoms with Gasteiger partial charge in [0.2, 0.25) is 0 Å². The Morgan fingerprint density at radius 3 is 2.56 bits per heavy atom. The Balaban J connectivity index is 2.38. The third-order valence-electron chi connectivity index (χ3n) is 3.00. The summed E-state index contributed by atoms with van der Waals surface area (Å²) in [5.74, 6) is 0.414. The van der Waals surface area contributed by atoms with Gasteiger partial charge in [-0.05, 0) is 37.3 Å². The number of aliphatic hydroxyl groups is 2. The van der Waals surface area contributed by atoms with Gasteiger partial charge in [-0.15, -0.1) is 0 Å². The van der Waals surface area contributed by atoms with Crippen LogP contribution in [-0.4, -0.2) is 33.4 Å². The highest BCUT2D eigenvalue weighted by atomic mass is 16.3. The molecule has 4 nitrogen and oxygen atoms in total. The van der Waals surface area contributed by atoms with Crippen molar-refractivity contribution in [1.82, 2.24) is 4.98 Å². The molecule has 0 aliphatic carbocycles. The number of rotatable bonds is 7. The molecule has 102 valence electrons. The minimum absolute atomic E-state index is 0.372. The van der Waals surface area contributed by atoms with Crippen LogP contribution < -0.4 is 5.73 Å². The fourth-order valence-corrected chi connectivity index (χ4v) is 1.98. The average molecular weight is 252 g/mol.